The molecule has 1 spiro atoms. The van der Waals surface area contributed by atoms with Crippen LogP contribution in [0.3, 0.4) is 0 Å². The number of benzene rings is 2. The maximum Gasteiger partial charge on any atom is 0.283 e. The van der Waals surface area contributed by atoms with Gasteiger partial charge in [0.2, 0.25) is 0 Å². The molecule has 142 valence electrons. The molecule has 2 unspecified atom stereocenters. The van der Waals surface area contributed by atoms with E-state index >= 15 is 0 Å². The van der Waals surface area contributed by atoms with Crippen LogP contribution >= 0.6 is 0 Å². The number of aliphatic imine (C=N–C) groups is 1. The quantitative estimate of drug-likeness (QED) is 0.859. The molecule has 2 aliphatic heterocycles. The highest BCUT2D eigenvalue weighted by Gasteiger charge is 2.46. The first-order valence-corrected chi connectivity index (χ1v) is 9.25. The molecule has 4 rings (SSSR count). The summed E-state index contributed by atoms with van der Waals surface area (Å²) in [4.78, 5) is 4.59. The number of ether oxygens (including phenoxy) is 2. The monoisotopic (exact) mass is 372 g/mol. The van der Waals surface area contributed by atoms with E-state index in [2.05, 4.69) is 11.9 Å². The summed E-state index contributed by atoms with van der Waals surface area (Å²) < 4.78 is 39.0. The standard InChI is InChI=1S/C21H22F2N2O2/c1-2-3-4-17-11-21(12-26-20(24)25-21)18-9-13(5-6-19(18)27-17)14-7-15(22)10-16(23)8-14/h5-10,17H,2-4,11-12H2,1H3,(H2,24,25). The molecular formula is C21H22F2N2O2. The van der Waals surface area contributed by atoms with Crippen molar-refractivity contribution in [1.82, 2.24) is 0 Å². The molecule has 2 aliphatic rings. The summed E-state index contributed by atoms with van der Waals surface area (Å²) in [6.07, 6.45) is 3.79. The topological polar surface area (TPSA) is 56.8 Å². The Hall–Kier alpha value is -2.63. The molecule has 2 heterocycles. The number of halogens is 2. The van der Waals surface area contributed by atoms with Gasteiger partial charge in [-0.25, -0.2) is 13.8 Å². The fraction of sp³-hybridized carbons (Fsp3) is 0.381. The Balaban J connectivity index is 1.77. The minimum atomic E-state index is -0.613. The summed E-state index contributed by atoms with van der Waals surface area (Å²) in [6.45, 7) is 2.49. The van der Waals surface area contributed by atoms with Crippen LogP contribution in [0.5, 0.6) is 5.75 Å². The molecule has 2 aromatic carbocycles. The van der Waals surface area contributed by atoms with E-state index in [1.165, 1.54) is 12.1 Å². The first kappa shape index (κ1) is 17.8. The summed E-state index contributed by atoms with van der Waals surface area (Å²) in [5.74, 6) is -0.496. The van der Waals surface area contributed by atoms with Crippen molar-refractivity contribution < 1.29 is 18.3 Å². The third kappa shape index (κ3) is 3.36. The van der Waals surface area contributed by atoms with Gasteiger partial charge in [-0.15, -0.1) is 0 Å². The number of hydrogen-bond donors (Lipinski definition) is 1. The van der Waals surface area contributed by atoms with Crippen molar-refractivity contribution in [2.45, 2.75) is 44.2 Å². The van der Waals surface area contributed by atoms with E-state index in [1.54, 1.807) is 0 Å². The molecule has 0 amide bonds. The van der Waals surface area contributed by atoms with E-state index < -0.39 is 17.2 Å². The normalized spacial score (nSPS) is 23.5. The van der Waals surface area contributed by atoms with Crippen molar-refractivity contribution in [2.24, 2.45) is 10.7 Å². The van der Waals surface area contributed by atoms with Crippen LogP contribution in [0, 0.1) is 11.6 Å². The number of rotatable bonds is 4. The summed E-state index contributed by atoms with van der Waals surface area (Å²) in [5, 5.41) is 0. The van der Waals surface area contributed by atoms with Gasteiger partial charge in [-0.1, -0.05) is 25.8 Å². The second-order valence-corrected chi connectivity index (χ2v) is 7.23. The molecule has 2 aromatic rings. The van der Waals surface area contributed by atoms with Crippen LogP contribution in [0.2, 0.25) is 0 Å². The van der Waals surface area contributed by atoms with Gasteiger partial charge in [0, 0.05) is 18.1 Å². The Kier molecular flexibility index (Phi) is 4.50. The van der Waals surface area contributed by atoms with Gasteiger partial charge in [0.15, 0.2) is 0 Å². The molecule has 0 bridgehead atoms. The SMILES string of the molecule is CCCCC1CC2(COC(N)=N2)c2cc(-c3cc(F)cc(F)c3)ccc2O1. The Labute approximate surface area is 157 Å². The predicted octanol–water partition coefficient (Wildman–Crippen LogP) is 4.51. The molecule has 0 aromatic heterocycles. The van der Waals surface area contributed by atoms with Gasteiger partial charge >= 0.3 is 0 Å². The Morgan fingerprint density at radius 1 is 1.15 bits per heavy atom. The Bertz CT molecular complexity index is 879. The molecule has 0 aliphatic carbocycles. The zero-order valence-electron chi connectivity index (χ0n) is 15.2. The summed E-state index contributed by atoms with van der Waals surface area (Å²) in [5.41, 5.74) is 7.22. The van der Waals surface area contributed by atoms with Gasteiger partial charge < -0.3 is 15.2 Å². The lowest BCUT2D eigenvalue weighted by Crippen LogP contribution is -2.38. The minimum absolute atomic E-state index is 0.0353. The van der Waals surface area contributed by atoms with Gasteiger partial charge in [-0.05, 0) is 41.8 Å². The van der Waals surface area contributed by atoms with Crippen LogP contribution in [-0.2, 0) is 10.3 Å². The van der Waals surface area contributed by atoms with Gasteiger partial charge in [-0.2, -0.15) is 0 Å². The maximum absolute atomic E-state index is 13.6. The van der Waals surface area contributed by atoms with Crippen molar-refractivity contribution >= 4 is 6.02 Å². The molecule has 6 heteroatoms. The van der Waals surface area contributed by atoms with Crippen LogP contribution in [0.4, 0.5) is 8.78 Å². The number of fused-ring (bicyclic) bond motifs is 2. The third-order valence-electron chi connectivity index (χ3n) is 5.20. The molecule has 2 atom stereocenters. The van der Waals surface area contributed by atoms with E-state index in [-0.39, 0.29) is 12.1 Å². The van der Waals surface area contributed by atoms with Crippen LogP contribution < -0.4 is 10.5 Å². The third-order valence-corrected chi connectivity index (χ3v) is 5.20. The highest BCUT2D eigenvalue weighted by atomic mass is 19.1. The lowest BCUT2D eigenvalue weighted by Gasteiger charge is -2.37. The summed E-state index contributed by atoms with van der Waals surface area (Å²) >= 11 is 0. The predicted molar refractivity (Wildman–Crippen MR) is 99.6 cm³/mol. The lowest BCUT2D eigenvalue weighted by molar-refractivity contribution is 0.0988. The highest BCUT2D eigenvalue weighted by Crippen LogP contribution is 2.46. The average Bonchev–Trinajstić information content (AvgIpc) is 3.00. The summed E-state index contributed by atoms with van der Waals surface area (Å²) in [6, 6.07) is 9.19. The van der Waals surface area contributed by atoms with Crippen LogP contribution in [0.1, 0.15) is 38.2 Å². The minimum Gasteiger partial charge on any atom is -0.490 e. The van der Waals surface area contributed by atoms with Crippen molar-refractivity contribution in [1.29, 1.82) is 0 Å². The molecule has 0 fully saturated rings. The second-order valence-electron chi connectivity index (χ2n) is 7.23. The van der Waals surface area contributed by atoms with Crippen molar-refractivity contribution in [3.05, 3.63) is 53.6 Å². The fourth-order valence-corrected chi connectivity index (χ4v) is 3.91. The van der Waals surface area contributed by atoms with Crippen LogP contribution in [0.25, 0.3) is 11.1 Å². The Morgan fingerprint density at radius 3 is 2.59 bits per heavy atom. The first-order valence-electron chi connectivity index (χ1n) is 9.25. The van der Waals surface area contributed by atoms with Crippen LogP contribution in [-0.4, -0.2) is 18.7 Å². The van der Waals surface area contributed by atoms with Gasteiger partial charge in [0.05, 0.1) is 0 Å². The Morgan fingerprint density at radius 2 is 1.93 bits per heavy atom. The second kappa shape index (κ2) is 6.83. The van der Waals surface area contributed by atoms with E-state index in [0.717, 1.165) is 36.6 Å². The summed E-state index contributed by atoms with van der Waals surface area (Å²) in [7, 11) is 0. The van der Waals surface area contributed by atoms with Crippen molar-refractivity contribution in [2.75, 3.05) is 6.61 Å². The molecule has 4 nitrogen and oxygen atoms in total. The zero-order valence-corrected chi connectivity index (χ0v) is 15.2. The number of amidine groups is 1. The number of nitrogens with zero attached hydrogens (tertiary/aromatic N) is 1. The van der Waals surface area contributed by atoms with Crippen LogP contribution in [0.15, 0.2) is 41.4 Å². The number of nitrogens with two attached hydrogens (primary N) is 1. The van der Waals surface area contributed by atoms with E-state index in [9.17, 15) is 8.78 Å². The maximum atomic E-state index is 13.6. The van der Waals surface area contributed by atoms with E-state index in [0.29, 0.717) is 24.2 Å². The number of unbranched alkanes of at least 4 members (excludes halogenated alkanes) is 1. The molecule has 0 radical (unpaired) electrons. The van der Waals surface area contributed by atoms with E-state index in [4.69, 9.17) is 15.2 Å². The van der Waals surface area contributed by atoms with Gasteiger partial charge in [-0.3, -0.25) is 0 Å². The molecule has 0 saturated carbocycles. The molecular weight excluding hydrogens is 350 g/mol. The number of hydrogen-bond acceptors (Lipinski definition) is 4. The lowest BCUT2D eigenvalue weighted by atomic mass is 9.81. The largest absolute Gasteiger partial charge is 0.490 e. The molecule has 2 N–H and O–H groups in total. The molecule has 0 saturated heterocycles. The van der Waals surface area contributed by atoms with Crippen molar-refractivity contribution in [3.63, 3.8) is 0 Å². The van der Waals surface area contributed by atoms with E-state index in [1.807, 2.05) is 18.2 Å². The average molecular weight is 372 g/mol. The fourth-order valence-electron chi connectivity index (χ4n) is 3.91. The molecule has 27 heavy (non-hydrogen) atoms. The zero-order chi connectivity index (χ0) is 19.0. The van der Waals surface area contributed by atoms with Gasteiger partial charge in [0.1, 0.15) is 35.6 Å². The highest BCUT2D eigenvalue weighted by molar-refractivity contribution is 5.75. The van der Waals surface area contributed by atoms with Crippen molar-refractivity contribution in [3.8, 4) is 16.9 Å². The smallest absolute Gasteiger partial charge is 0.283 e. The first-order chi connectivity index (χ1) is 13.0. The van der Waals surface area contributed by atoms with Gasteiger partial charge in [0.25, 0.3) is 6.02 Å².